The van der Waals surface area contributed by atoms with Crippen molar-refractivity contribution >= 4 is 40.9 Å². The normalized spacial score (nSPS) is 12.7. The number of hydrogen-bond donors (Lipinski definition) is 0. The van der Waals surface area contributed by atoms with Gasteiger partial charge in [0.25, 0.3) is 0 Å². The summed E-state index contributed by atoms with van der Waals surface area (Å²) in [7, 11) is 1.64. The number of alkyl halides is 3. The summed E-state index contributed by atoms with van der Waals surface area (Å²) < 4.78 is 47.6. The van der Waals surface area contributed by atoms with Crippen molar-refractivity contribution < 1.29 is 22.6 Å². The first-order valence-electron chi connectivity index (χ1n) is 13.3. The maximum absolute atomic E-state index is 12.2. The van der Waals surface area contributed by atoms with E-state index in [1.165, 1.54) is 6.08 Å². The predicted octanol–water partition coefficient (Wildman–Crippen LogP) is 10.1. The lowest BCUT2D eigenvalue weighted by molar-refractivity contribution is -0.319. The summed E-state index contributed by atoms with van der Waals surface area (Å²) in [5.74, 6) is 0.719. The van der Waals surface area contributed by atoms with Gasteiger partial charge in [0.2, 0.25) is 0 Å². The van der Waals surface area contributed by atoms with E-state index in [1.54, 1.807) is 31.4 Å². The summed E-state index contributed by atoms with van der Waals surface area (Å²) in [5, 5.41) is 1.05. The van der Waals surface area contributed by atoms with Crippen molar-refractivity contribution in [2.75, 3.05) is 20.3 Å². The highest BCUT2D eigenvalue weighted by atomic mass is 35.5. The zero-order valence-corrected chi connectivity index (χ0v) is 25.9. The van der Waals surface area contributed by atoms with E-state index in [0.29, 0.717) is 28.9 Å². The number of nitrogens with zero attached hydrogens (tertiary/aromatic N) is 2. The second-order valence-electron chi connectivity index (χ2n) is 8.93. The Morgan fingerprint density at radius 2 is 1.80 bits per heavy atom. The predicted molar refractivity (Wildman–Crippen MR) is 177 cm³/mol. The SMILES string of the molecule is C#C.C=C/C(=C\C=C\Cn1cc(-c2ccc(Cl)cc2Cl)nc1/C=C/c1ccc(C(/C=C\COC(F)(F)F)=C/C)cc1)COC. The topological polar surface area (TPSA) is 36.3 Å². The maximum Gasteiger partial charge on any atom is 0.522 e. The molecular weight excluding hydrogens is 608 g/mol. The minimum atomic E-state index is -4.66. The van der Waals surface area contributed by atoms with E-state index >= 15 is 0 Å². The number of rotatable bonds is 13. The van der Waals surface area contributed by atoms with E-state index < -0.39 is 13.0 Å². The molecule has 4 nitrogen and oxygen atoms in total. The zero-order valence-electron chi connectivity index (χ0n) is 24.4. The molecule has 1 aromatic heterocycles. The third kappa shape index (κ3) is 11.9. The van der Waals surface area contributed by atoms with E-state index in [0.717, 1.165) is 33.7 Å². The maximum atomic E-state index is 12.2. The Kier molecular flexibility index (Phi) is 15.2. The highest BCUT2D eigenvalue weighted by Crippen LogP contribution is 2.30. The van der Waals surface area contributed by atoms with E-state index in [4.69, 9.17) is 32.9 Å². The van der Waals surface area contributed by atoms with Crippen LogP contribution in [0.2, 0.25) is 10.0 Å². The van der Waals surface area contributed by atoms with Crippen molar-refractivity contribution in [1.29, 1.82) is 0 Å². The summed E-state index contributed by atoms with van der Waals surface area (Å²) >= 11 is 12.5. The largest absolute Gasteiger partial charge is 0.522 e. The minimum absolute atomic E-state index is 0.475. The van der Waals surface area contributed by atoms with Gasteiger partial charge in [-0.05, 0) is 53.5 Å². The Balaban J connectivity index is 0.00000330. The molecule has 3 rings (SSSR count). The van der Waals surface area contributed by atoms with Crippen LogP contribution in [0.25, 0.3) is 29.0 Å². The van der Waals surface area contributed by atoms with Crippen molar-refractivity contribution in [2.24, 2.45) is 0 Å². The van der Waals surface area contributed by atoms with Gasteiger partial charge < -0.3 is 9.30 Å². The highest BCUT2D eigenvalue weighted by Gasteiger charge is 2.28. The third-order valence-electron chi connectivity index (χ3n) is 5.96. The summed E-state index contributed by atoms with van der Waals surface area (Å²) in [5.41, 5.74) is 5.01. The molecule has 0 saturated carbocycles. The van der Waals surface area contributed by atoms with Crippen LogP contribution < -0.4 is 0 Å². The van der Waals surface area contributed by atoms with Crippen LogP contribution in [0.3, 0.4) is 0 Å². The summed E-state index contributed by atoms with van der Waals surface area (Å²) in [6.45, 7) is 6.10. The van der Waals surface area contributed by atoms with Gasteiger partial charge in [0.1, 0.15) is 5.82 Å². The van der Waals surface area contributed by atoms with Crippen LogP contribution in [-0.2, 0) is 16.0 Å². The second-order valence-corrected chi connectivity index (χ2v) is 9.77. The fraction of sp³-hybridized carbons (Fsp3) is 0.171. The molecule has 0 aliphatic rings. The molecule has 0 saturated heterocycles. The fourth-order valence-corrected chi connectivity index (χ4v) is 4.38. The highest BCUT2D eigenvalue weighted by molar-refractivity contribution is 6.36. The molecule has 230 valence electrons. The zero-order chi connectivity index (χ0) is 32.5. The van der Waals surface area contributed by atoms with E-state index in [1.807, 2.05) is 84.5 Å². The van der Waals surface area contributed by atoms with Crippen LogP contribution in [-0.4, -0.2) is 36.2 Å². The number of hydrogen-bond acceptors (Lipinski definition) is 3. The summed E-state index contributed by atoms with van der Waals surface area (Å²) in [6.07, 6.45) is 21.5. The lowest BCUT2D eigenvalue weighted by Crippen LogP contribution is -2.12. The Hall–Kier alpha value is -4.06. The molecule has 44 heavy (non-hydrogen) atoms. The Bertz CT molecular complexity index is 1540. The molecule has 0 aliphatic carbocycles. The average Bonchev–Trinajstić information content (AvgIpc) is 3.41. The Morgan fingerprint density at radius 1 is 1.07 bits per heavy atom. The molecule has 0 atom stereocenters. The molecule has 0 aliphatic heterocycles. The first-order valence-corrected chi connectivity index (χ1v) is 14.0. The van der Waals surface area contributed by atoms with Gasteiger partial charge in [0.15, 0.2) is 0 Å². The molecule has 2 aromatic carbocycles. The monoisotopic (exact) mass is 640 g/mol. The van der Waals surface area contributed by atoms with Gasteiger partial charge >= 0.3 is 6.36 Å². The van der Waals surface area contributed by atoms with E-state index in [2.05, 4.69) is 24.2 Å². The molecule has 0 bridgehead atoms. The molecule has 0 fully saturated rings. The molecule has 0 radical (unpaired) electrons. The van der Waals surface area contributed by atoms with Crippen LogP contribution in [0.1, 0.15) is 23.9 Å². The second kappa shape index (κ2) is 18.6. The number of imidazole rings is 1. The van der Waals surface area contributed by atoms with Gasteiger partial charge in [-0.2, -0.15) is 0 Å². The first kappa shape index (κ1) is 36.1. The average molecular weight is 642 g/mol. The van der Waals surface area contributed by atoms with Crippen LogP contribution in [0.15, 0.2) is 103 Å². The number of terminal acetylenes is 1. The lowest BCUT2D eigenvalue weighted by atomic mass is 10.0. The number of benzene rings is 2. The molecule has 1 heterocycles. The lowest BCUT2D eigenvalue weighted by Gasteiger charge is -2.05. The summed E-state index contributed by atoms with van der Waals surface area (Å²) in [6, 6.07) is 13.0. The van der Waals surface area contributed by atoms with Crippen LogP contribution in [0, 0.1) is 12.8 Å². The molecule has 0 unspecified atom stereocenters. The summed E-state index contributed by atoms with van der Waals surface area (Å²) in [4.78, 5) is 4.82. The molecule has 0 N–H and O–H groups in total. The van der Waals surface area contributed by atoms with Crippen molar-refractivity contribution in [3.63, 3.8) is 0 Å². The number of allylic oxidation sites excluding steroid dienone is 6. The van der Waals surface area contributed by atoms with Crippen molar-refractivity contribution in [3.8, 4) is 24.1 Å². The van der Waals surface area contributed by atoms with Crippen molar-refractivity contribution in [2.45, 2.75) is 19.8 Å². The van der Waals surface area contributed by atoms with Crippen LogP contribution >= 0.6 is 23.2 Å². The fourth-order valence-electron chi connectivity index (χ4n) is 3.88. The quantitative estimate of drug-likeness (QED) is 0.138. The minimum Gasteiger partial charge on any atom is -0.380 e. The van der Waals surface area contributed by atoms with Gasteiger partial charge in [-0.15, -0.1) is 26.0 Å². The van der Waals surface area contributed by atoms with Gasteiger partial charge in [-0.3, -0.25) is 4.74 Å². The molecule has 0 spiro atoms. The smallest absolute Gasteiger partial charge is 0.380 e. The van der Waals surface area contributed by atoms with Gasteiger partial charge in [-0.25, -0.2) is 4.98 Å². The first-order chi connectivity index (χ1) is 21.1. The van der Waals surface area contributed by atoms with Gasteiger partial charge in [-0.1, -0.05) is 103 Å². The number of halogens is 5. The van der Waals surface area contributed by atoms with Crippen LogP contribution in [0.5, 0.6) is 0 Å². The van der Waals surface area contributed by atoms with Gasteiger partial charge in [0, 0.05) is 30.4 Å². The number of ether oxygens (including phenoxy) is 2. The molecule has 0 amide bonds. The number of methoxy groups -OCH3 is 1. The third-order valence-corrected chi connectivity index (χ3v) is 6.50. The Labute approximate surface area is 267 Å². The Morgan fingerprint density at radius 3 is 2.41 bits per heavy atom. The number of aromatic nitrogens is 2. The van der Waals surface area contributed by atoms with E-state index in [-0.39, 0.29) is 0 Å². The van der Waals surface area contributed by atoms with Gasteiger partial charge in [0.05, 0.1) is 23.9 Å². The molecular formula is C35H33Cl2F3N2O2. The molecule has 9 heteroatoms. The van der Waals surface area contributed by atoms with Crippen molar-refractivity contribution in [3.05, 3.63) is 130 Å². The van der Waals surface area contributed by atoms with Crippen LogP contribution in [0.4, 0.5) is 13.2 Å². The van der Waals surface area contributed by atoms with Crippen molar-refractivity contribution in [1.82, 2.24) is 9.55 Å². The standard InChI is InChI=1S/C33H31Cl2F3N2O2.C2H2/c1-4-24(23-41-3)9-6-7-19-40-22-31(29-17-16-28(34)21-30(29)35)39-32(40)18-13-25-11-14-27(15-12-25)26(5-2)10-8-20-42-33(36,37)38;1-2/h4-18,21-22H,1,19-20,23H2,2-3H3;1-2H/b7-6+,10-8-,18-13+,24-9+,26-5+;. The molecule has 3 aromatic rings. The van der Waals surface area contributed by atoms with E-state index in [9.17, 15) is 13.2 Å².